The Kier molecular flexibility index (Phi) is 5.24. The minimum absolute atomic E-state index is 0.0442. The fraction of sp³-hybridized carbons (Fsp3) is 0.240. The third-order valence-electron chi connectivity index (χ3n) is 6.70. The first-order valence-corrected chi connectivity index (χ1v) is 11.0. The highest BCUT2D eigenvalue weighted by Crippen LogP contribution is 2.55. The Bertz CT molecular complexity index is 1370. The van der Waals surface area contributed by atoms with Crippen molar-refractivity contribution in [1.29, 1.82) is 0 Å². The number of nitro groups is 2. The van der Waals surface area contributed by atoms with Crippen LogP contribution in [0.4, 0.5) is 17.1 Å². The third kappa shape index (κ3) is 3.55. The van der Waals surface area contributed by atoms with Crippen LogP contribution < -0.4 is 0 Å². The topological polar surface area (TPSA) is 139 Å². The van der Waals surface area contributed by atoms with Crippen LogP contribution in [-0.2, 0) is 0 Å². The number of aromatic hydroxyl groups is 2. The van der Waals surface area contributed by atoms with E-state index in [0.29, 0.717) is 22.4 Å². The summed E-state index contributed by atoms with van der Waals surface area (Å²) in [5.74, 6) is -1.21. The highest BCUT2D eigenvalue weighted by atomic mass is 16.6. The summed E-state index contributed by atoms with van der Waals surface area (Å²) in [5.41, 5.74) is 2.94. The average Bonchev–Trinajstić information content (AvgIpc) is 2.85. The second-order valence-electron chi connectivity index (χ2n) is 8.65. The maximum absolute atomic E-state index is 11.4. The van der Waals surface area contributed by atoms with Crippen LogP contribution in [0.15, 0.2) is 59.6 Å². The van der Waals surface area contributed by atoms with E-state index in [1.807, 2.05) is 0 Å². The van der Waals surface area contributed by atoms with Crippen molar-refractivity contribution in [3.63, 3.8) is 0 Å². The van der Waals surface area contributed by atoms with Gasteiger partial charge in [-0.05, 0) is 36.5 Å². The fourth-order valence-corrected chi connectivity index (χ4v) is 5.17. The molecular formula is C25H21N3O6. The summed E-state index contributed by atoms with van der Waals surface area (Å²) in [5, 5.41) is 44.8. The molecule has 0 spiro atoms. The summed E-state index contributed by atoms with van der Waals surface area (Å²) in [7, 11) is 0. The molecular weight excluding hydrogens is 438 g/mol. The molecule has 1 aliphatic carbocycles. The molecule has 0 aromatic heterocycles. The van der Waals surface area contributed by atoms with E-state index in [-0.39, 0.29) is 28.6 Å². The molecule has 1 aliphatic heterocycles. The molecule has 3 aromatic rings. The van der Waals surface area contributed by atoms with Gasteiger partial charge in [-0.2, -0.15) is 0 Å². The van der Waals surface area contributed by atoms with Gasteiger partial charge < -0.3 is 10.2 Å². The molecule has 34 heavy (non-hydrogen) atoms. The van der Waals surface area contributed by atoms with E-state index in [1.165, 1.54) is 30.3 Å². The zero-order chi connectivity index (χ0) is 24.0. The molecule has 1 saturated carbocycles. The number of rotatable bonds is 4. The SMILES string of the molecule is O=[N+]([O-])c1cccc(-c2cc3c(c(O)c2O)C(c2cccc([N+](=O)[O-])c2)C2CCCCC2=N3)c1. The van der Waals surface area contributed by atoms with Gasteiger partial charge in [-0.3, -0.25) is 25.2 Å². The Morgan fingerprint density at radius 1 is 0.882 bits per heavy atom. The zero-order valence-electron chi connectivity index (χ0n) is 18.0. The van der Waals surface area contributed by atoms with E-state index in [2.05, 4.69) is 0 Å². The van der Waals surface area contributed by atoms with Crippen LogP contribution in [0, 0.1) is 26.1 Å². The van der Waals surface area contributed by atoms with Crippen LogP contribution >= 0.6 is 0 Å². The minimum atomic E-state index is -0.524. The zero-order valence-corrected chi connectivity index (χ0v) is 18.0. The van der Waals surface area contributed by atoms with Gasteiger partial charge in [-0.15, -0.1) is 0 Å². The van der Waals surface area contributed by atoms with Crippen molar-refractivity contribution in [3.8, 4) is 22.6 Å². The minimum Gasteiger partial charge on any atom is -0.504 e. The van der Waals surface area contributed by atoms with Crippen LogP contribution in [0.2, 0.25) is 0 Å². The summed E-state index contributed by atoms with van der Waals surface area (Å²) in [6.07, 6.45) is 3.55. The molecule has 172 valence electrons. The van der Waals surface area contributed by atoms with E-state index < -0.39 is 21.5 Å². The van der Waals surface area contributed by atoms with E-state index in [0.717, 1.165) is 31.4 Å². The Balaban J connectivity index is 1.73. The van der Waals surface area contributed by atoms with Gasteiger partial charge in [0.2, 0.25) is 0 Å². The number of aliphatic imine (C=N–C) groups is 1. The number of phenolic OH excluding ortho intramolecular Hbond substituents is 2. The highest BCUT2D eigenvalue weighted by Gasteiger charge is 2.39. The highest BCUT2D eigenvalue weighted by molar-refractivity contribution is 5.95. The van der Waals surface area contributed by atoms with Crippen molar-refractivity contribution in [2.45, 2.75) is 31.6 Å². The van der Waals surface area contributed by atoms with E-state index in [1.54, 1.807) is 24.3 Å². The van der Waals surface area contributed by atoms with Crippen LogP contribution in [-0.4, -0.2) is 25.8 Å². The molecule has 0 bridgehead atoms. The smallest absolute Gasteiger partial charge is 0.270 e. The maximum atomic E-state index is 11.4. The molecule has 0 amide bonds. The van der Waals surface area contributed by atoms with Crippen molar-refractivity contribution in [1.82, 2.24) is 0 Å². The summed E-state index contributed by atoms with van der Waals surface area (Å²) >= 11 is 0. The van der Waals surface area contributed by atoms with E-state index in [4.69, 9.17) is 4.99 Å². The summed E-state index contributed by atoms with van der Waals surface area (Å²) in [6, 6.07) is 13.8. The lowest BCUT2D eigenvalue weighted by Crippen LogP contribution is -2.29. The second kappa shape index (κ2) is 8.26. The molecule has 0 radical (unpaired) electrons. The average molecular weight is 459 g/mol. The quantitative estimate of drug-likeness (QED) is 0.279. The van der Waals surface area contributed by atoms with E-state index in [9.17, 15) is 30.4 Å². The molecule has 9 nitrogen and oxygen atoms in total. The van der Waals surface area contributed by atoms with Crippen LogP contribution in [0.1, 0.15) is 42.7 Å². The van der Waals surface area contributed by atoms with Gasteiger partial charge in [0.25, 0.3) is 11.4 Å². The summed E-state index contributed by atoms with van der Waals surface area (Å²) in [4.78, 5) is 26.5. The van der Waals surface area contributed by atoms with Gasteiger partial charge in [0.15, 0.2) is 11.5 Å². The number of benzene rings is 3. The van der Waals surface area contributed by atoms with Crippen molar-refractivity contribution in [2.75, 3.05) is 0 Å². The number of hydrogen-bond donors (Lipinski definition) is 2. The monoisotopic (exact) mass is 459 g/mol. The van der Waals surface area contributed by atoms with E-state index >= 15 is 0 Å². The molecule has 9 heteroatoms. The Hall–Kier alpha value is -4.27. The molecule has 2 N–H and O–H groups in total. The van der Waals surface area contributed by atoms with Crippen molar-refractivity contribution >= 4 is 22.8 Å². The molecule has 2 aliphatic rings. The number of non-ortho nitro benzene ring substituents is 2. The summed E-state index contributed by atoms with van der Waals surface area (Å²) in [6.45, 7) is 0. The Labute approximate surface area is 194 Å². The third-order valence-corrected chi connectivity index (χ3v) is 6.70. The number of nitro benzene ring substituents is 2. The van der Waals surface area contributed by atoms with Crippen LogP contribution in [0.25, 0.3) is 11.1 Å². The van der Waals surface area contributed by atoms with Gasteiger partial charge >= 0.3 is 0 Å². The number of hydrogen-bond acceptors (Lipinski definition) is 7. The van der Waals surface area contributed by atoms with Crippen LogP contribution in [0.5, 0.6) is 11.5 Å². The molecule has 2 atom stereocenters. The lowest BCUT2D eigenvalue weighted by Gasteiger charge is -2.37. The molecule has 0 saturated heterocycles. The normalized spacial score (nSPS) is 19.0. The largest absolute Gasteiger partial charge is 0.504 e. The van der Waals surface area contributed by atoms with Crippen LogP contribution in [0.3, 0.4) is 0 Å². The Morgan fingerprint density at radius 2 is 1.59 bits per heavy atom. The first-order valence-electron chi connectivity index (χ1n) is 11.0. The Morgan fingerprint density at radius 3 is 2.32 bits per heavy atom. The second-order valence-corrected chi connectivity index (χ2v) is 8.65. The predicted octanol–water partition coefficient (Wildman–Crippen LogP) is 5.99. The molecule has 3 aromatic carbocycles. The number of fused-ring (bicyclic) bond motifs is 2. The lowest BCUT2D eigenvalue weighted by molar-refractivity contribution is -0.385. The van der Waals surface area contributed by atoms with Gasteiger partial charge in [0.1, 0.15) is 0 Å². The van der Waals surface area contributed by atoms with Crippen molar-refractivity contribution in [3.05, 3.63) is 86.0 Å². The summed E-state index contributed by atoms with van der Waals surface area (Å²) < 4.78 is 0. The first kappa shape index (κ1) is 21.6. The van der Waals surface area contributed by atoms with Gasteiger partial charge in [0.05, 0.1) is 15.5 Å². The van der Waals surface area contributed by atoms with Crippen molar-refractivity contribution in [2.24, 2.45) is 10.9 Å². The van der Waals surface area contributed by atoms with Gasteiger partial charge in [0, 0.05) is 52.9 Å². The number of nitrogens with zero attached hydrogens (tertiary/aromatic N) is 3. The van der Waals surface area contributed by atoms with Crippen molar-refractivity contribution < 1.29 is 20.1 Å². The lowest BCUT2D eigenvalue weighted by atomic mass is 9.70. The standard InChI is InChI=1S/C25H21N3O6/c29-24-19(14-5-3-7-16(11-14)27(31)32)13-21-23(25(24)30)22(18-9-1-2-10-20(18)26-21)15-6-4-8-17(12-15)28(33)34/h3-8,11-13,18,22,29-30H,1-2,9-10H2. The predicted molar refractivity (Wildman–Crippen MR) is 126 cm³/mol. The fourth-order valence-electron chi connectivity index (χ4n) is 5.17. The molecule has 2 unspecified atom stereocenters. The maximum Gasteiger partial charge on any atom is 0.270 e. The first-order chi connectivity index (χ1) is 16.3. The van der Waals surface area contributed by atoms with Gasteiger partial charge in [-0.25, -0.2) is 0 Å². The molecule has 1 heterocycles. The molecule has 5 rings (SSSR count). The van der Waals surface area contributed by atoms with Gasteiger partial charge in [-0.1, -0.05) is 30.7 Å². The number of phenols is 2. The molecule has 1 fully saturated rings.